The van der Waals surface area contributed by atoms with Crippen molar-refractivity contribution in [1.82, 2.24) is 9.80 Å². The molecule has 0 aromatic rings. The Kier molecular flexibility index (Phi) is 4.58. The number of hydrogen-bond acceptors (Lipinski definition) is 3. The van der Waals surface area contributed by atoms with Crippen LogP contribution >= 0.6 is 0 Å². The topological polar surface area (TPSA) is 26.7 Å². The molecule has 1 N–H and O–H groups in total. The van der Waals surface area contributed by atoms with Gasteiger partial charge >= 0.3 is 6.18 Å². The molecule has 1 heterocycles. The third-order valence-corrected chi connectivity index (χ3v) is 3.06. The average Bonchev–Trinajstić information content (AvgIpc) is 2.16. The van der Waals surface area contributed by atoms with E-state index in [1.807, 2.05) is 7.05 Å². The van der Waals surface area contributed by atoms with Crippen LogP contribution in [0.5, 0.6) is 0 Å². The maximum absolute atomic E-state index is 12.2. The molecule has 0 aromatic carbocycles. The smallest absolute Gasteiger partial charge is 0.382 e. The molecule has 0 spiro atoms. The largest absolute Gasteiger partial charge is 0.415 e. The van der Waals surface area contributed by atoms with Gasteiger partial charge in [0.2, 0.25) is 0 Å². The van der Waals surface area contributed by atoms with Crippen molar-refractivity contribution in [2.24, 2.45) is 0 Å². The highest BCUT2D eigenvalue weighted by atomic mass is 19.4. The lowest BCUT2D eigenvalue weighted by molar-refractivity contribution is -0.208. The molecule has 96 valence electrons. The van der Waals surface area contributed by atoms with Crippen molar-refractivity contribution in [3.63, 3.8) is 0 Å². The molecule has 0 bridgehead atoms. The molecule has 1 rings (SSSR count). The summed E-state index contributed by atoms with van der Waals surface area (Å²) in [6.45, 7) is 1.41. The Bertz CT molecular complexity index is 223. The van der Waals surface area contributed by atoms with E-state index >= 15 is 0 Å². The highest BCUT2D eigenvalue weighted by molar-refractivity contribution is 4.80. The van der Waals surface area contributed by atoms with Crippen LogP contribution in [0.15, 0.2) is 0 Å². The maximum atomic E-state index is 12.2. The van der Waals surface area contributed by atoms with Gasteiger partial charge in [-0.05, 0) is 33.5 Å². The minimum atomic E-state index is -4.52. The second kappa shape index (κ2) is 5.33. The molecule has 0 radical (unpaired) electrons. The first kappa shape index (κ1) is 13.7. The summed E-state index contributed by atoms with van der Waals surface area (Å²) in [5.74, 6) is 0. The monoisotopic (exact) mass is 240 g/mol. The maximum Gasteiger partial charge on any atom is 0.415 e. The fourth-order valence-electron chi connectivity index (χ4n) is 2.02. The van der Waals surface area contributed by atoms with Gasteiger partial charge in [-0.2, -0.15) is 13.2 Å². The number of nitrogens with zero attached hydrogens (tertiary/aromatic N) is 2. The number of alkyl halides is 3. The number of likely N-dealkylation sites (N-methyl/N-ethyl adjacent to an activating group) is 2. The highest BCUT2D eigenvalue weighted by Gasteiger charge is 2.39. The second-order valence-electron chi connectivity index (χ2n) is 4.56. The summed E-state index contributed by atoms with van der Waals surface area (Å²) in [5, 5.41) is 8.97. The van der Waals surface area contributed by atoms with Crippen LogP contribution in [0.25, 0.3) is 0 Å². The summed E-state index contributed by atoms with van der Waals surface area (Å²) in [6, 6.07) is 0.107. The zero-order valence-electron chi connectivity index (χ0n) is 9.67. The number of aliphatic hydroxyl groups is 1. The van der Waals surface area contributed by atoms with Crippen molar-refractivity contribution in [2.75, 3.05) is 33.7 Å². The van der Waals surface area contributed by atoms with Crippen LogP contribution in [0.2, 0.25) is 0 Å². The van der Waals surface area contributed by atoms with Crippen LogP contribution in [0, 0.1) is 0 Å². The Morgan fingerprint density at radius 3 is 2.62 bits per heavy atom. The highest BCUT2D eigenvalue weighted by Crippen LogP contribution is 2.22. The molecular formula is C10H19F3N2O. The molecule has 0 aliphatic carbocycles. The van der Waals surface area contributed by atoms with Gasteiger partial charge in [0.15, 0.2) is 6.10 Å². The Morgan fingerprint density at radius 2 is 2.12 bits per heavy atom. The Morgan fingerprint density at radius 1 is 1.50 bits per heavy atom. The van der Waals surface area contributed by atoms with E-state index in [1.54, 1.807) is 11.9 Å². The molecular weight excluding hydrogens is 221 g/mol. The van der Waals surface area contributed by atoms with E-state index in [9.17, 15) is 13.2 Å². The third kappa shape index (κ3) is 3.92. The molecule has 0 amide bonds. The molecule has 1 aliphatic rings. The summed E-state index contributed by atoms with van der Waals surface area (Å²) in [7, 11) is 3.60. The molecule has 0 aromatic heterocycles. The number of likely N-dealkylation sites (tertiary alicyclic amines) is 1. The first-order valence-electron chi connectivity index (χ1n) is 5.44. The van der Waals surface area contributed by atoms with Crippen LogP contribution in [-0.4, -0.2) is 67.0 Å². The summed E-state index contributed by atoms with van der Waals surface area (Å²) in [5.41, 5.74) is 0. The van der Waals surface area contributed by atoms with Crippen molar-refractivity contribution in [3.05, 3.63) is 0 Å². The zero-order chi connectivity index (χ0) is 12.3. The number of piperidine rings is 1. The van der Waals surface area contributed by atoms with Crippen LogP contribution in [0.4, 0.5) is 13.2 Å². The van der Waals surface area contributed by atoms with E-state index in [2.05, 4.69) is 4.90 Å². The van der Waals surface area contributed by atoms with Gasteiger partial charge in [-0.15, -0.1) is 0 Å². The van der Waals surface area contributed by atoms with Crippen LogP contribution in [0.1, 0.15) is 12.8 Å². The third-order valence-electron chi connectivity index (χ3n) is 3.06. The predicted octanol–water partition coefficient (Wildman–Crippen LogP) is 0.936. The van der Waals surface area contributed by atoms with Gasteiger partial charge in [0, 0.05) is 19.1 Å². The Hall–Kier alpha value is -0.330. The minimum Gasteiger partial charge on any atom is -0.382 e. The lowest BCUT2D eigenvalue weighted by Gasteiger charge is -2.36. The minimum absolute atomic E-state index is 0.107. The molecule has 16 heavy (non-hydrogen) atoms. The average molecular weight is 240 g/mol. The number of halogens is 3. The summed E-state index contributed by atoms with van der Waals surface area (Å²) in [6.07, 6.45) is -4.88. The van der Waals surface area contributed by atoms with E-state index in [1.165, 1.54) is 0 Å². The Balaban J connectivity index is 2.42. The van der Waals surface area contributed by atoms with Crippen molar-refractivity contribution in [2.45, 2.75) is 31.2 Å². The van der Waals surface area contributed by atoms with E-state index in [4.69, 9.17) is 5.11 Å². The van der Waals surface area contributed by atoms with Gasteiger partial charge < -0.3 is 10.0 Å². The predicted molar refractivity (Wildman–Crippen MR) is 55.2 cm³/mol. The van der Waals surface area contributed by atoms with E-state index in [0.29, 0.717) is 0 Å². The quantitative estimate of drug-likeness (QED) is 0.795. The lowest BCUT2D eigenvalue weighted by atomic mass is 10.0. The van der Waals surface area contributed by atoms with Crippen molar-refractivity contribution < 1.29 is 18.3 Å². The van der Waals surface area contributed by atoms with E-state index in [0.717, 1.165) is 25.9 Å². The number of rotatable bonds is 3. The van der Waals surface area contributed by atoms with Gasteiger partial charge in [-0.1, -0.05) is 0 Å². The summed E-state index contributed by atoms with van der Waals surface area (Å²) < 4.78 is 36.5. The first-order chi connectivity index (χ1) is 7.30. The lowest BCUT2D eigenvalue weighted by Crippen LogP contribution is -2.49. The zero-order valence-corrected chi connectivity index (χ0v) is 9.67. The van der Waals surface area contributed by atoms with Gasteiger partial charge in [-0.3, -0.25) is 4.90 Å². The van der Waals surface area contributed by atoms with Gasteiger partial charge in [0.1, 0.15) is 0 Å². The molecule has 1 aliphatic heterocycles. The van der Waals surface area contributed by atoms with Crippen LogP contribution in [-0.2, 0) is 0 Å². The van der Waals surface area contributed by atoms with Crippen molar-refractivity contribution >= 4 is 0 Å². The fourth-order valence-corrected chi connectivity index (χ4v) is 2.02. The van der Waals surface area contributed by atoms with Gasteiger partial charge in [0.05, 0.1) is 0 Å². The fraction of sp³-hybridized carbons (Fsp3) is 1.00. The molecule has 2 atom stereocenters. The van der Waals surface area contributed by atoms with E-state index in [-0.39, 0.29) is 12.6 Å². The summed E-state index contributed by atoms with van der Waals surface area (Å²) in [4.78, 5) is 3.71. The molecule has 3 nitrogen and oxygen atoms in total. The SMILES string of the molecule is CN1CCCC(N(C)CC(O)C(F)(F)F)C1. The molecule has 2 unspecified atom stereocenters. The normalized spacial score (nSPS) is 26.1. The van der Waals surface area contributed by atoms with Gasteiger partial charge in [0.25, 0.3) is 0 Å². The Labute approximate surface area is 93.8 Å². The molecule has 1 fully saturated rings. The van der Waals surface area contributed by atoms with Crippen LogP contribution in [0.3, 0.4) is 0 Å². The standard InChI is InChI=1S/C10H19F3N2O/c1-14-5-3-4-8(6-14)15(2)7-9(16)10(11,12)13/h8-9,16H,3-7H2,1-2H3. The second-order valence-corrected chi connectivity index (χ2v) is 4.56. The number of hydrogen-bond donors (Lipinski definition) is 1. The van der Waals surface area contributed by atoms with E-state index < -0.39 is 12.3 Å². The summed E-state index contributed by atoms with van der Waals surface area (Å²) >= 11 is 0. The van der Waals surface area contributed by atoms with Crippen molar-refractivity contribution in [3.8, 4) is 0 Å². The number of aliphatic hydroxyl groups excluding tert-OH is 1. The first-order valence-corrected chi connectivity index (χ1v) is 5.44. The molecule has 0 saturated carbocycles. The van der Waals surface area contributed by atoms with Gasteiger partial charge in [-0.25, -0.2) is 0 Å². The molecule has 6 heteroatoms. The van der Waals surface area contributed by atoms with Crippen molar-refractivity contribution in [1.29, 1.82) is 0 Å². The molecule has 1 saturated heterocycles. The van der Waals surface area contributed by atoms with Crippen LogP contribution < -0.4 is 0 Å².